The second-order valence-corrected chi connectivity index (χ2v) is 5.65. The Kier molecular flexibility index (Phi) is 4.50. The largest absolute Gasteiger partial charge is 0.454 e. The maximum atomic E-state index is 5.35. The Bertz CT molecular complexity index is 750. The van der Waals surface area contributed by atoms with Crippen LogP contribution in [0.4, 0.5) is 0 Å². The van der Waals surface area contributed by atoms with Crippen molar-refractivity contribution in [3.63, 3.8) is 0 Å². The molecule has 2 aromatic rings. The van der Waals surface area contributed by atoms with Crippen molar-refractivity contribution < 1.29 is 18.9 Å². The SMILES string of the molecule is C(=NCCCN=Cc1ccc2c(c1)OCO2)c1ccc2c(c1)OCO2. The van der Waals surface area contributed by atoms with Gasteiger partial charge in [0.05, 0.1) is 0 Å². The molecule has 2 heterocycles. The summed E-state index contributed by atoms with van der Waals surface area (Å²) < 4.78 is 21.3. The molecule has 25 heavy (non-hydrogen) atoms. The molecule has 0 bridgehead atoms. The van der Waals surface area contributed by atoms with Gasteiger partial charge in [0.25, 0.3) is 0 Å². The van der Waals surface area contributed by atoms with E-state index in [2.05, 4.69) is 9.98 Å². The molecule has 2 aliphatic heterocycles. The fourth-order valence-corrected chi connectivity index (χ4v) is 2.58. The molecule has 2 aromatic carbocycles. The standard InChI is InChI=1S/C19H18N2O4/c1(6-20-10-14-2-4-16-18(8-14)24-12-22-16)7-21-11-15-3-5-17-19(9-15)25-13-23-17/h2-5,8-11H,1,6-7,12-13H2. The van der Waals surface area contributed by atoms with Gasteiger partial charge in [0.1, 0.15) is 0 Å². The van der Waals surface area contributed by atoms with Crippen molar-refractivity contribution in [2.45, 2.75) is 6.42 Å². The molecule has 0 aromatic heterocycles. The Morgan fingerprint density at radius 1 is 0.680 bits per heavy atom. The number of aliphatic imine (C=N–C) groups is 2. The lowest BCUT2D eigenvalue weighted by Crippen LogP contribution is -1.93. The predicted molar refractivity (Wildman–Crippen MR) is 94.7 cm³/mol. The molecule has 0 aliphatic carbocycles. The minimum atomic E-state index is 0.289. The van der Waals surface area contributed by atoms with Gasteiger partial charge in [0.15, 0.2) is 23.0 Å². The Morgan fingerprint density at radius 3 is 1.68 bits per heavy atom. The molecule has 0 N–H and O–H groups in total. The molecule has 2 aliphatic rings. The first-order chi connectivity index (χ1) is 12.4. The fourth-order valence-electron chi connectivity index (χ4n) is 2.58. The summed E-state index contributed by atoms with van der Waals surface area (Å²) >= 11 is 0. The molecule has 0 radical (unpaired) electrons. The first-order valence-corrected chi connectivity index (χ1v) is 8.17. The fraction of sp³-hybridized carbons (Fsp3) is 0.263. The Labute approximate surface area is 145 Å². The molecule has 6 nitrogen and oxygen atoms in total. The van der Waals surface area contributed by atoms with Crippen LogP contribution in [0.1, 0.15) is 17.5 Å². The van der Waals surface area contributed by atoms with Crippen molar-refractivity contribution >= 4 is 12.4 Å². The van der Waals surface area contributed by atoms with Gasteiger partial charge in [0.2, 0.25) is 13.6 Å². The Morgan fingerprint density at radius 2 is 1.16 bits per heavy atom. The zero-order valence-electron chi connectivity index (χ0n) is 13.7. The van der Waals surface area contributed by atoms with E-state index in [9.17, 15) is 0 Å². The summed E-state index contributed by atoms with van der Waals surface area (Å²) in [6, 6.07) is 11.6. The van der Waals surface area contributed by atoms with Crippen molar-refractivity contribution in [3.05, 3.63) is 47.5 Å². The lowest BCUT2D eigenvalue weighted by molar-refractivity contribution is 0.173. The lowest BCUT2D eigenvalue weighted by Gasteiger charge is -1.98. The minimum Gasteiger partial charge on any atom is -0.454 e. The van der Waals surface area contributed by atoms with Crippen LogP contribution < -0.4 is 18.9 Å². The molecule has 0 spiro atoms. The smallest absolute Gasteiger partial charge is 0.231 e. The van der Waals surface area contributed by atoms with Gasteiger partial charge in [0, 0.05) is 25.5 Å². The van der Waals surface area contributed by atoms with Crippen molar-refractivity contribution in [1.29, 1.82) is 0 Å². The average Bonchev–Trinajstić information content (AvgIpc) is 3.29. The summed E-state index contributed by atoms with van der Waals surface area (Å²) in [6.07, 6.45) is 4.59. The third-order valence-electron chi connectivity index (χ3n) is 3.85. The van der Waals surface area contributed by atoms with Gasteiger partial charge in [-0.15, -0.1) is 0 Å². The van der Waals surface area contributed by atoms with Crippen LogP contribution in [-0.4, -0.2) is 39.1 Å². The van der Waals surface area contributed by atoms with E-state index >= 15 is 0 Å². The van der Waals surface area contributed by atoms with Crippen molar-refractivity contribution in [1.82, 2.24) is 0 Å². The number of ether oxygens (including phenoxy) is 4. The Balaban J connectivity index is 1.22. The number of hydrogen-bond acceptors (Lipinski definition) is 6. The highest BCUT2D eigenvalue weighted by Gasteiger charge is 2.13. The molecule has 128 valence electrons. The van der Waals surface area contributed by atoms with Gasteiger partial charge in [-0.25, -0.2) is 0 Å². The van der Waals surface area contributed by atoms with E-state index in [1.807, 2.05) is 48.8 Å². The van der Waals surface area contributed by atoms with Crippen LogP contribution in [0.2, 0.25) is 0 Å². The molecule has 0 atom stereocenters. The molecule has 0 saturated carbocycles. The number of nitrogens with zero attached hydrogens (tertiary/aromatic N) is 2. The van der Waals surface area contributed by atoms with Gasteiger partial charge in [-0.3, -0.25) is 9.98 Å². The van der Waals surface area contributed by atoms with E-state index in [1.165, 1.54) is 0 Å². The van der Waals surface area contributed by atoms with E-state index < -0.39 is 0 Å². The monoisotopic (exact) mass is 338 g/mol. The van der Waals surface area contributed by atoms with E-state index in [1.54, 1.807) is 0 Å². The number of hydrogen-bond donors (Lipinski definition) is 0. The summed E-state index contributed by atoms with van der Waals surface area (Å²) in [5.74, 6) is 3.12. The maximum absolute atomic E-state index is 5.35. The van der Waals surface area contributed by atoms with Crippen LogP contribution in [0.25, 0.3) is 0 Å². The first kappa shape index (κ1) is 15.5. The van der Waals surface area contributed by atoms with Crippen molar-refractivity contribution in [2.75, 3.05) is 26.7 Å². The molecule has 0 amide bonds. The summed E-state index contributed by atoms with van der Waals surface area (Å²) in [5, 5.41) is 0. The molecule has 0 unspecified atom stereocenters. The van der Waals surface area contributed by atoms with Gasteiger partial charge >= 0.3 is 0 Å². The van der Waals surface area contributed by atoms with E-state index in [-0.39, 0.29) is 13.6 Å². The van der Waals surface area contributed by atoms with E-state index in [4.69, 9.17) is 18.9 Å². The molecule has 0 fully saturated rings. The number of fused-ring (bicyclic) bond motifs is 2. The van der Waals surface area contributed by atoms with Crippen molar-refractivity contribution in [3.8, 4) is 23.0 Å². The molecular formula is C19H18N2O4. The lowest BCUT2D eigenvalue weighted by atomic mass is 10.2. The van der Waals surface area contributed by atoms with Crippen molar-refractivity contribution in [2.24, 2.45) is 9.98 Å². The molecule has 6 heteroatoms. The van der Waals surface area contributed by atoms with Crippen LogP contribution >= 0.6 is 0 Å². The highest BCUT2D eigenvalue weighted by molar-refractivity contribution is 5.81. The second kappa shape index (κ2) is 7.25. The predicted octanol–water partition coefficient (Wildman–Crippen LogP) is 3.07. The van der Waals surface area contributed by atoms with Gasteiger partial charge in [-0.2, -0.15) is 0 Å². The third-order valence-corrected chi connectivity index (χ3v) is 3.85. The normalized spacial score (nSPS) is 14.7. The van der Waals surface area contributed by atoms with Crippen LogP contribution in [0, 0.1) is 0 Å². The Hall–Kier alpha value is -3.02. The van der Waals surface area contributed by atoms with Crippen LogP contribution in [0.15, 0.2) is 46.4 Å². The summed E-state index contributed by atoms with van der Waals surface area (Å²) in [7, 11) is 0. The molecule has 0 saturated heterocycles. The molecular weight excluding hydrogens is 320 g/mol. The van der Waals surface area contributed by atoms with Crippen LogP contribution in [0.5, 0.6) is 23.0 Å². The number of benzene rings is 2. The second-order valence-electron chi connectivity index (χ2n) is 5.65. The van der Waals surface area contributed by atoms with Gasteiger partial charge < -0.3 is 18.9 Å². The maximum Gasteiger partial charge on any atom is 0.231 e. The van der Waals surface area contributed by atoms with Crippen LogP contribution in [0.3, 0.4) is 0 Å². The van der Waals surface area contributed by atoms with Gasteiger partial charge in [-0.05, 0) is 53.9 Å². The summed E-state index contributed by atoms with van der Waals surface area (Å²) in [4.78, 5) is 8.85. The quantitative estimate of drug-likeness (QED) is 0.600. The average molecular weight is 338 g/mol. The minimum absolute atomic E-state index is 0.289. The summed E-state index contributed by atoms with van der Waals surface area (Å²) in [6.45, 7) is 2.04. The zero-order chi connectivity index (χ0) is 16.9. The molecule has 4 rings (SSSR count). The van der Waals surface area contributed by atoms with E-state index in [0.29, 0.717) is 0 Å². The highest BCUT2D eigenvalue weighted by Crippen LogP contribution is 2.32. The first-order valence-electron chi connectivity index (χ1n) is 8.17. The van der Waals surface area contributed by atoms with Gasteiger partial charge in [-0.1, -0.05) is 0 Å². The zero-order valence-corrected chi connectivity index (χ0v) is 13.7. The topological polar surface area (TPSA) is 61.6 Å². The summed E-state index contributed by atoms with van der Waals surface area (Å²) in [5.41, 5.74) is 2.02. The number of rotatable bonds is 6. The third kappa shape index (κ3) is 3.74. The van der Waals surface area contributed by atoms with E-state index in [0.717, 1.165) is 53.6 Å². The van der Waals surface area contributed by atoms with Crippen LogP contribution in [-0.2, 0) is 0 Å². The highest BCUT2D eigenvalue weighted by atomic mass is 16.7.